The molecule has 1 N–H and O–H groups in total. The van der Waals surface area contributed by atoms with Crippen LogP contribution in [-0.2, 0) is 9.47 Å². The lowest BCUT2D eigenvalue weighted by Gasteiger charge is -2.33. The monoisotopic (exact) mass is 421 g/mol. The topological polar surface area (TPSA) is 101 Å². The summed E-state index contributed by atoms with van der Waals surface area (Å²) in [6.07, 6.45) is 1.14. The zero-order valence-corrected chi connectivity index (χ0v) is 17.0. The minimum Gasteiger partial charge on any atom is -0.378 e. The smallest absolute Gasteiger partial charge is 0.272 e. The van der Waals surface area contributed by atoms with Crippen molar-refractivity contribution in [1.29, 1.82) is 0 Å². The number of nitrogens with one attached hydrogen (secondary N) is 1. The van der Waals surface area contributed by atoms with Crippen molar-refractivity contribution in [1.82, 2.24) is 25.0 Å². The number of fused-ring (bicyclic) bond motifs is 1. The molecule has 1 aromatic carbocycles. The molecule has 1 atom stereocenters. The summed E-state index contributed by atoms with van der Waals surface area (Å²) >= 11 is 0. The number of nitrogens with zero attached hydrogens (tertiary/aromatic N) is 4. The number of amides is 2. The quantitative estimate of drug-likeness (QED) is 0.690. The normalized spacial score (nSPS) is 19.5. The third kappa shape index (κ3) is 3.89. The number of pyridine rings is 1. The molecule has 1 unspecified atom stereocenters. The second-order valence-electron chi connectivity index (χ2n) is 7.60. The Bertz CT molecular complexity index is 1090. The maximum atomic E-state index is 13.3. The van der Waals surface area contributed by atoms with Gasteiger partial charge >= 0.3 is 0 Å². The number of rotatable bonds is 3. The van der Waals surface area contributed by atoms with Gasteiger partial charge in [-0.05, 0) is 18.2 Å². The lowest BCUT2D eigenvalue weighted by atomic mass is 10.0. The molecule has 0 bridgehead atoms. The van der Waals surface area contributed by atoms with Crippen LogP contribution in [0.15, 0.2) is 42.6 Å². The van der Waals surface area contributed by atoms with Crippen molar-refractivity contribution in [3.05, 3.63) is 59.5 Å². The summed E-state index contributed by atoms with van der Waals surface area (Å²) in [5, 5.41) is 7.38. The Kier molecular flexibility index (Phi) is 5.35. The van der Waals surface area contributed by atoms with Crippen LogP contribution in [0.4, 0.5) is 0 Å². The molecule has 2 aliphatic rings. The molecule has 0 spiro atoms. The molecule has 9 nitrogen and oxygen atoms in total. The molecule has 2 saturated heterocycles. The van der Waals surface area contributed by atoms with Crippen molar-refractivity contribution < 1.29 is 19.1 Å². The minimum absolute atomic E-state index is 0.0376. The van der Waals surface area contributed by atoms with Crippen LogP contribution in [0.5, 0.6) is 0 Å². The van der Waals surface area contributed by atoms with Crippen molar-refractivity contribution in [2.45, 2.75) is 6.10 Å². The van der Waals surface area contributed by atoms with E-state index in [9.17, 15) is 9.59 Å². The van der Waals surface area contributed by atoms with Gasteiger partial charge in [-0.2, -0.15) is 5.10 Å². The van der Waals surface area contributed by atoms with Gasteiger partial charge in [-0.3, -0.25) is 14.7 Å². The first-order valence-electron chi connectivity index (χ1n) is 10.4. The van der Waals surface area contributed by atoms with Gasteiger partial charge in [-0.15, -0.1) is 0 Å². The second-order valence-corrected chi connectivity index (χ2v) is 7.60. The van der Waals surface area contributed by atoms with Crippen molar-refractivity contribution in [3.8, 4) is 0 Å². The van der Waals surface area contributed by atoms with E-state index in [0.29, 0.717) is 63.0 Å². The van der Waals surface area contributed by atoms with Crippen molar-refractivity contribution in [2.75, 3.05) is 46.0 Å². The van der Waals surface area contributed by atoms with Gasteiger partial charge in [0, 0.05) is 31.2 Å². The Labute approximate surface area is 178 Å². The van der Waals surface area contributed by atoms with Gasteiger partial charge in [0.25, 0.3) is 11.8 Å². The lowest BCUT2D eigenvalue weighted by Crippen LogP contribution is -2.43. The molecule has 0 aliphatic carbocycles. The summed E-state index contributed by atoms with van der Waals surface area (Å²) < 4.78 is 11.4. The highest BCUT2D eigenvalue weighted by Gasteiger charge is 2.29. The number of hydrogen-bond donors (Lipinski definition) is 1. The van der Waals surface area contributed by atoms with Gasteiger partial charge in [-0.25, -0.2) is 4.98 Å². The molecule has 31 heavy (non-hydrogen) atoms. The fourth-order valence-electron chi connectivity index (χ4n) is 4.03. The summed E-state index contributed by atoms with van der Waals surface area (Å²) in [6, 6.07) is 11.1. The van der Waals surface area contributed by atoms with Crippen LogP contribution in [0.2, 0.25) is 0 Å². The van der Waals surface area contributed by atoms with E-state index < -0.39 is 6.10 Å². The molecule has 160 valence electrons. The fourth-order valence-corrected chi connectivity index (χ4v) is 4.03. The molecule has 5 rings (SSSR count). The Morgan fingerprint density at radius 1 is 1.00 bits per heavy atom. The lowest BCUT2D eigenvalue weighted by molar-refractivity contribution is -0.0248. The van der Waals surface area contributed by atoms with Crippen LogP contribution in [-0.4, -0.2) is 82.8 Å². The number of carbonyl (C=O) groups excluding carboxylic acids is 2. The molecule has 0 radical (unpaired) electrons. The zero-order chi connectivity index (χ0) is 21.2. The number of benzene rings is 1. The predicted octanol–water partition coefficient (Wildman–Crippen LogP) is 1.64. The van der Waals surface area contributed by atoms with Crippen LogP contribution in [0.1, 0.15) is 32.6 Å². The number of morpholine rings is 2. The molecule has 2 aliphatic heterocycles. The number of aromatic amines is 1. The molecule has 2 fully saturated rings. The van der Waals surface area contributed by atoms with Crippen LogP contribution in [0.25, 0.3) is 10.9 Å². The highest BCUT2D eigenvalue weighted by molar-refractivity contribution is 6.06. The second kappa shape index (κ2) is 8.44. The van der Waals surface area contributed by atoms with Crippen LogP contribution in [0, 0.1) is 0 Å². The largest absolute Gasteiger partial charge is 0.378 e. The van der Waals surface area contributed by atoms with Gasteiger partial charge < -0.3 is 19.3 Å². The third-order valence-electron chi connectivity index (χ3n) is 5.68. The van der Waals surface area contributed by atoms with Gasteiger partial charge in [0.05, 0.1) is 43.1 Å². The van der Waals surface area contributed by atoms with Crippen LogP contribution < -0.4 is 0 Å². The number of ether oxygens (including phenoxy) is 2. The van der Waals surface area contributed by atoms with Crippen molar-refractivity contribution in [2.24, 2.45) is 0 Å². The van der Waals surface area contributed by atoms with E-state index in [1.807, 2.05) is 35.2 Å². The van der Waals surface area contributed by atoms with E-state index in [-0.39, 0.29) is 11.8 Å². The zero-order valence-electron chi connectivity index (χ0n) is 17.0. The molecule has 0 saturated carbocycles. The standard InChI is InChI=1S/C22H23N5O4/c28-21(26-7-10-30-11-8-26)16-13-19(24-17-4-2-1-3-15(16)17)20-14-27(9-12-31-20)22(29)18-5-6-23-25-18/h1-6,13,20H,7-12,14H2,(H,23,25). The van der Waals surface area contributed by atoms with Gasteiger partial charge in [0.2, 0.25) is 0 Å². The number of hydrogen-bond acceptors (Lipinski definition) is 6. The molecular formula is C22H23N5O4. The summed E-state index contributed by atoms with van der Waals surface area (Å²) in [7, 11) is 0. The summed E-state index contributed by atoms with van der Waals surface area (Å²) in [5.74, 6) is -0.166. The molecule has 4 heterocycles. The number of carbonyl (C=O) groups is 2. The number of H-pyrrole nitrogens is 1. The van der Waals surface area contributed by atoms with Crippen LogP contribution >= 0.6 is 0 Å². The van der Waals surface area contributed by atoms with E-state index >= 15 is 0 Å². The Morgan fingerprint density at radius 3 is 2.61 bits per heavy atom. The molecular weight excluding hydrogens is 398 g/mol. The maximum Gasteiger partial charge on any atom is 0.272 e. The molecule has 3 aromatic rings. The summed E-state index contributed by atoms with van der Waals surface area (Å²) in [5.41, 5.74) is 2.42. The Morgan fingerprint density at radius 2 is 1.81 bits per heavy atom. The van der Waals surface area contributed by atoms with Gasteiger partial charge in [0.15, 0.2) is 0 Å². The number of aromatic nitrogens is 3. The molecule has 2 amide bonds. The molecule has 2 aromatic heterocycles. The Hall–Kier alpha value is -3.30. The molecule has 9 heteroatoms. The Balaban J connectivity index is 1.47. The van der Waals surface area contributed by atoms with E-state index in [1.165, 1.54) is 0 Å². The van der Waals surface area contributed by atoms with Gasteiger partial charge in [0.1, 0.15) is 11.8 Å². The highest BCUT2D eigenvalue weighted by atomic mass is 16.5. The first-order chi connectivity index (χ1) is 15.2. The SMILES string of the molecule is O=C(c1ccn[nH]1)N1CCOC(c2cc(C(=O)N3CCOCC3)c3ccccc3n2)C1. The third-order valence-corrected chi connectivity index (χ3v) is 5.68. The van der Waals surface area contributed by atoms with Crippen LogP contribution in [0.3, 0.4) is 0 Å². The predicted molar refractivity (Wildman–Crippen MR) is 112 cm³/mol. The first kappa shape index (κ1) is 19.7. The maximum absolute atomic E-state index is 13.3. The van der Waals surface area contributed by atoms with E-state index in [1.54, 1.807) is 17.2 Å². The van der Waals surface area contributed by atoms with Crippen molar-refractivity contribution >= 4 is 22.7 Å². The average Bonchev–Trinajstić information content (AvgIpc) is 3.38. The van der Waals surface area contributed by atoms with E-state index in [4.69, 9.17) is 14.5 Å². The van der Waals surface area contributed by atoms with Crippen molar-refractivity contribution in [3.63, 3.8) is 0 Å². The minimum atomic E-state index is -0.415. The van der Waals surface area contributed by atoms with E-state index in [2.05, 4.69) is 10.2 Å². The highest BCUT2D eigenvalue weighted by Crippen LogP contribution is 2.27. The average molecular weight is 421 g/mol. The summed E-state index contributed by atoms with van der Waals surface area (Å²) in [4.78, 5) is 34.3. The first-order valence-corrected chi connectivity index (χ1v) is 10.4. The fraction of sp³-hybridized carbons (Fsp3) is 0.364. The van der Waals surface area contributed by atoms with Gasteiger partial charge in [-0.1, -0.05) is 18.2 Å². The number of para-hydroxylation sites is 1. The van der Waals surface area contributed by atoms with E-state index in [0.717, 1.165) is 10.9 Å². The summed E-state index contributed by atoms with van der Waals surface area (Å²) in [6.45, 7) is 3.45.